The molecule has 1 unspecified atom stereocenters. The molecule has 1 aromatic rings. The quantitative estimate of drug-likeness (QED) is 0.626. The third-order valence-electron chi connectivity index (χ3n) is 3.74. The summed E-state index contributed by atoms with van der Waals surface area (Å²) < 4.78 is 9.97. The number of methoxy groups -OCH3 is 1. The van der Waals surface area contributed by atoms with Crippen molar-refractivity contribution in [2.75, 3.05) is 7.11 Å². The van der Waals surface area contributed by atoms with Crippen LogP contribution in [-0.2, 0) is 19.1 Å². The summed E-state index contributed by atoms with van der Waals surface area (Å²) in [5.74, 6) is -2.25. The first kappa shape index (κ1) is 17.2. The fourth-order valence-corrected chi connectivity index (χ4v) is 2.74. The number of benzene rings is 1. The molecule has 0 aliphatic heterocycles. The minimum Gasteiger partial charge on any atom is -0.468 e. The van der Waals surface area contributed by atoms with Crippen molar-refractivity contribution in [2.45, 2.75) is 20.3 Å². The van der Waals surface area contributed by atoms with Crippen LogP contribution in [0.2, 0.25) is 5.02 Å². The molecule has 0 heterocycles. The second-order valence-electron chi connectivity index (χ2n) is 6.03. The molecular weight excluding hydrogens is 320 g/mol. The zero-order valence-corrected chi connectivity index (χ0v) is 13.8. The van der Waals surface area contributed by atoms with Crippen LogP contribution >= 0.6 is 11.6 Å². The summed E-state index contributed by atoms with van der Waals surface area (Å²) in [5, 5.41) is 0.510. The van der Waals surface area contributed by atoms with E-state index < -0.39 is 29.1 Å². The number of ether oxygens (including phenoxy) is 2. The molecular formula is C17H17ClO5. The lowest BCUT2D eigenvalue weighted by molar-refractivity contribution is -0.153. The van der Waals surface area contributed by atoms with Gasteiger partial charge in [-0.1, -0.05) is 25.4 Å². The summed E-state index contributed by atoms with van der Waals surface area (Å²) >= 11 is 5.77. The average molecular weight is 337 g/mol. The molecule has 0 saturated carbocycles. The molecule has 1 aliphatic rings. The molecule has 0 saturated heterocycles. The number of esters is 2. The van der Waals surface area contributed by atoms with Gasteiger partial charge in [-0.25, -0.2) is 4.79 Å². The molecule has 0 radical (unpaired) electrons. The van der Waals surface area contributed by atoms with Gasteiger partial charge in [0.15, 0.2) is 5.78 Å². The van der Waals surface area contributed by atoms with Crippen LogP contribution in [0.3, 0.4) is 0 Å². The maximum absolute atomic E-state index is 12.2. The molecule has 122 valence electrons. The lowest BCUT2D eigenvalue weighted by Gasteiger charge is -2.34. The highest BCUT2D eigenvalue weighted by atomic mass is 35.5. The van der Waals surface area contributed by atoms with Gasteiger partial charge in [0.05, 0.1) is 12.7 Å². The van der Waals surface area contributed by atoms with Crippen molar-refractivity contribution in [1.82, 2.24) is 0 Å². The van der Waals surface area contributed by atoms with E-state index in [2.05, 4.69) is 4.74 Å². The number of hydrogen-bond donors (Lipinski definition) is 0. The summed E-state index contributed by atoms with van der Waals surface area (Å²) in [7, 11) is 1.24. The van der Waals surface area contributed by atoms with Gasteiger partial charge in [-0.2, -0.15) is 0 Å². The lowest BCUT2D eigenvalue weighted by atomic mass is 9.70. The number of carbonyl (C=O) groups excluding carboxylic acids is 3. The largest absolute Gasteiger partial charge is 0.468 e. The standard InChI is InChI=1S/C17H17ClO5/c1-17(2)9-12(8-13(19)14(17)16(21)22-3)23-15(20)10-4-6-11(18)7-5-10/h4-8,14H,9H2,1-3H3. The molecule has 0 N–H and O–H groups in total. The van der Waals surface area contributed by atoms with E-state index >= 15 is 0 Å². The molecule has 1 aliphatic carbocycles. The highest BCUT2D eigenvalue weighted by Gasteiger charge is 2.45. The highest BCUT2D eigenvalue weighted by molar-refractivity contribution is 6.30. The Bertz CT molecular complexity index is 673. The first-order valence-corrected chi connectivity index (χ1v) is 7.42. The van der Waals surface area contributed by atoms with Crippen LogP contribution in [0, 0.1) is 11.3 Å². The Labute approximate surface area is 139 Å². The Hall–Kier alpha value is -2.14. The molecule has 0 aromatic heterocycles. The predicted molar refractivity (Wildman–Crippen MR) is 83.9 cm³/mol. The Kier molecular flexibility index (Phi) is 4.90. The molecule has 2 rings (SSSR count). The van der Waals surface area contributed by atoms with Gasteiger partial charge in [0, 0.05) is 17.5 Å². The molecule has 5 nitrogen and oxygen atoms in total. The van der Waals surface area contributed by atoms with Gasteiger partial charge in [0.25, 0.3) is 0 Å². The summed E-state index contributed by atoms with van der Waals surface area (Å²) in [4.78, 5) is 36.1. The summed E-state index contributed by atoms with van der Waals surface area (Å²) in [6, 6.07) is 6.24. The van der Waals surface area contributed by atoms with Crippen LogP contribution in [0.15, 0.2) is 36.1 Å². The SMILES string of the molecule is COC(=O)C1C(=O)C=C(OC(=O)c2ccc(Cl)cc2)CC1(C)C. The zero-order chi connectivity index (χ0) is 17.2. The number of carbonyl (C=O) groups is 3. The molecule has 0 amide bonds. The molecule has 0 spiro atoms. The van der Waals surface area contributed by atoms with Gasteiger partial charge >= 0.3 is 11.9 Å². The van der Waals surface area contributed by atoms with E-state index in [0.29, 0.717) is 10.6 Å². The fraction of sp³-hybridized carbons (Fsp3) is 0.353. The van der Waals surface area contributed by atoms with Crippen LogP contribution < -0.4 is 0 Å². The Morgan fingerprint density at radius 3 is 2.35 bits per heavy atom. The van der Waals surface area contributed by atoms with Crippen molar-refractivity contribution >= 4 is 29.3 Å². The van der Waals surface area contributed by atoms with Crippen molar-refractivity contribution in [3.05, 3.63) is 46.7 Å². The summed E-state index contributed by atoms with van der Waals surface area (Å²) in [6.07, 6.45) is 1.47. The summed E-state index contributed by atoms with van der Waals surface area (Å²) in [6.45, 7) is 3.52. The van der Waals surface area contributed by atoms with E-state index in [1.54, 1.807) is 26.0 Å². The second-order valence-corrected chi connectivity index (χ2v) is 6.47. The lowest BCUT2D eigenvalue weighted by Crippen LogP contribution is -2.41. The molecule has 0 fully saturated rings. The number of allylic oxidation sites excluding steroid dienone is 2. The van der Waals surface area contributed by atoms with Crippen LogP contribution in [-0.4, -0.2) is 24.8 Å². The van der Waals surface area contributed by atoms with Crippen LogP contribution in [0.1, 0.15) is 30.6 Å². The predicted octanol–water partition coefficient (Wildman–Crippen LogP) is 3.17. The Morgan fingerprint density at radius 2 is 1.83 bits per heavy atom. The van der Waals surface area contributed by atoms with Crippen LogP contribution in [0.25, 0.3) is 0 Å². The van der Waals surface area contributed by atoms with E-state index in [4.69, 9.17) is 16.3 Å². The van der Waals surface area contributed by atoms with Gasteiger partial charge in [-0.3, -0.25) is 9.59 Å². The van der Waals surface area contributed by atoms with Crippen molar-refractivity contribution in [3.8, 4) is 0 Å². The fourth-order valence-electron chi connectivity index (χ4n) is 2.61. The number of ketones is 1. The van der Waals surface area contributed by atoms with E-state index in [1.807, 2.05) is 0 Å². The number of hydrogen-bond acceptors (Lipinski definition) is 5. The van der Waals surface area contributed by atoms with Crippen molar-refractivity contribution in [3.63, 3.8) is 0 Å². The number of halogens is 1. The Morgan fingerprint density at radius 1 is 1.22 bits per heavy atom. The number of rotatable bonds is 3. The van der Waals surface area contributed by atoms with E-state index in [-0.39, 0.29) is 12.2 Å². The molecule has 1 aromatic carbocycles. The first-order valence-electron chi connectivity index (χ1n) is 7.04. The van der Waals surface area contributed by atoms with E-state index in [1.165, 1.54) is 25.3 Å². The van der Waals surface area contributed by atoms with Gasteiger partial charge in [0.2, 0.25) is 0 Å². The molecule has 6 heteroatoms. The van der Waals surface area contributed by atoms with Gasteiger partial charge in [-0.05, 0) is 29.7 Å². The Balaban J connectivity index is 2.18. The third-order valence-corrected chi connectivity index (χ3v) is 3.99. The molecule has 23 heavy (non-hydrogen) atoms. The van der Waals surface area contributed by atoms with E-state index in [0.717, 1.165) is 0 Å². The van der Waals surface area contributed by atoms with E-state index in [9.17, 15) is 14.4 Å². The second kappa shape index (κ2) is 6.54. The zero-order valence-electron chi connectivity index (χ0n) is 13.1. The summed E-state index contributed by atoms with van der Waals surface area (Å²) in [5.41, 5.74) is -0.371. The maximum Gasteiger partial charge on any atom is 0.343 e. The van der Waals surface area contributed by atoms with Crippen LogP contribution in [0.5, 0.6) is 0 Å². The highest BCUT2D eigenvalue weighted by Crippen LogP contribution is 2.39. The van der Waals surface area contributed by atoms with Gasteiger partial charge in [-0.15, -0.1) is 0 Å². The van der Waals surface area contributed by atoms with Crippen molar-refractivity contribution in [1.29, 1.82) is 0 Å². The van der Waals surface area contributed by atoms with Gasteiger partial charge in [0.1, 0.15) is 11.7 Å². The third kappa shape index (κ3) is 3.79. The van der Waals surface area contributed by atoms with Crippen LogP contribution in [0.4, 0.5) is 0 Å². The first-order chi connectivity index (χ1) is 10.7. The topological polar surface area (TPSA) is 69.7 Å². The van der Waals surface area contributed by atoms with Gasteiger partial charge < -0.3 is 9.47 Å². The minimum atomic E-state index is -0.898. The maximum atomic E-state index is 12.2. The monoisotopic (exact) mass is 336 g/mol. The smallest absolute Gasteiger partial charge is 0.343 e. The van der Waals surface area contributed by atoms with Crippen molar-refractivity contribution < 1.29 is 23.9 Å². The molecule has 0 bridgehead atoms. The minimum absolute atomic E-state index is 0.236. The van der Waals surface area contributed by atoms with Crippen molar-refractivity contribution in [2.24, 2.45) is 11.3 Å². The normalized spacial score (nSPS) is 19.7. The molecule has 1 atom stereocenters. The average Bonchev–Trinajstić information content (AvgIpc) is 2.45.